The molecule has 1 aromatic heterocycles. The molecule has 0 aliphatic heterocycles. The summed E-state index contributed by atoms with van der Waals surface area (Å²) < 4.78 is 23.6. The molecular weight excluding hydrogens is 386 g/mol. The fourth-order valence-corrected chi connectivity index (χ4v) is 3.57. The van der Waals surface area contributed by atoms with Gasteiger partial charge >= 0.3 is 0 Å². The third kappa shape index (κ3) is 5.71. The van der Waals surface area contributed by atoms with Gasteiger partial charge in [-0.3, -0.25) is 4.79 Å². The summed E-state index contributed by atoms with van der Waals surface area (Å²) in [5.41, 5.74) is 3.29. The Kier molecular flexibility index (Phi) is 6.72. The van der Waals surface area contributed by atoms with Crippen molar-refractivity contribution in [2.75, 3.05) is 11.1 Å². The summed E-state index contributed by atoms with van der Waals surface area (Å²) in [5, 5.41) is 10.7. The molecule has 0 saturated carbocycles. The maximum atomic E-state index is 12.1. The van der Waals surface area contributed by atoms with Gasteiger partial charge in [0.2, 0.25) is 5.91 Å². The minimum Gasteiger partial charge on any atom is -0.326 e. The van der Waals surface area contributed by atoms with E-state index >= 15 is 0 Å². The van der Waals surface area contributed by atoms with E-state index in [1.807, 2.05) is 30.3 Å². The maximum Gasteiger partial charge on any atom is 0.224 e. The molecule has 0 bridgehead atoms. The summed E-state index contributed by atoms with van der Waals surface area (Å²) in [6.07, 6.45) is 2.11. The molecule has 6 nitrogen and oxygen atoms in total. The standard InChI is InChI=1S/C22H23N3O3S/c1-2-29(27,28)22-16-15-20(24-25-22)18-11-13-19(14-12-18)23-21(26)10-6-9-17-7-4-3-5-8-17/h3-5,7-8,11-16H,2,6,9-10H2,1H3,(H,23,26). The molecule has 7 heteroatoms. The number of aryl methyl sites for hydroxylation is 1. The molecule has 0 radical (unpaired) electrons. The van der Waals surface area contributed by atoms with E-state index in [0.717, 1.165) is 18.4 Å². The predicted molar refractivity (Wildman–Crippen MR) is 113 cm³/mol. The Hall–Kier alpha value is -3.06. The average molecular weight is 410 g/mol. The summed E-state index contributed by atoms with van der Waals surface area (Å²) in [6.45, 7) is 1.57. The predicted octanol–water partition coefficient (Wildman–Crippen LogP) is 3.90. The van der Waals surface area contributed by atoms with Gasteiger partial charge in [0.05, 0.1) is 11.4 Å². The van der Waals surface area contributed by atoms with E-state index < -0.39 is 9.84 Å². The van der Waals surface area contributed by atoms with E-state index in [1.165, 1.54) is 11.6 Å². The molecule has 0 spiro atoms. The van der Waals surface area contributed by atoms with Gasteiger partial charge in [-0.15, -0.1) is 10.2 Å². The highest BCUT2D eigenvalue weighted by molar-refractivity contribution is 7.91. The summed E-state index contributed by atoms with van der Waals surface area (Å²) in [4.78, 5) is 12.1. The molecule has 3 rings (SSSR count). The van der Waals surface area contributed by atoms with Gasteiger partial charge in [-0.25, -0.2) is 8.42 Å². The lowest BCUT2D eigenvalue weighted by Gasteiger charge is -2.07. The maximum absolute atomic E-state index is 12.1. The van der Waals surface area contributed by atoms with Crippen molar-refractivity contribution in [3.63, 3.8) is 0 Å². The molecule has 1 heterocycles. The number of nitrogens with zero attached hydrogens (tertiary/aromatic N) is 2. The number of hydrogen-bond donors (Lipinski definition) is 1. The zero-order chi connectivity index (χ0) is 20.7. The number of nitrogens with one attached hydrogen (secondary N) is 1. The van der Waals surface area contributed by atoms with E-state index in [2.05, 4.69) is 27.6 Å². The summed E-state index contributed by atoms with van der Waals surface area (Å²) in [7, 11) is -3.36. The lowest BCUT2D eigenvalue weighted by Crippen LogP contribution is -2.11. The van der Waals surface area contributed by atoms with Gasteiger partial charge in [0.1, 0.15) is 0 Å². The lowest BCUT2D eigenvalue weighted by molar-refractivity contribution is -0.116. The summed E-state index contributed by atoms with van der Waals surface area (Å²) in [6, 6.07) is 20.4. The van der Waals surface area contributed by atoms with Crippen molar-refractivity contribution in [3.8, 4) is 11.3 Å². The van der Waals surface area contributed by atoms with E-state index in [0.29, 0.717) is 17.8 Å². The van der Waals surface area contributed by atoms with Crippen molar-refractivity contribution in [2.45, 2.75) is 31.2 Å². The quantitative estimate of drug-likeness (QED) is 0.609. The molecule has 0 unspecified atom stereocenters. The number of aromatic nitrogens is 2. The number of benzene rings is 2. The Balaban J connectivity index is 1.55. The van der Waals surface area contributed by atoms with Crippen molar-refractivity contribution in [3.05, 3.63) is 72.3 Å². The Bertz CT molecular complexity index is 1050. The monoisotopic (exact) mass is 409 g/mol. The smallest absolute Gasteiger partial charge is 0.224 e. The van der Waals surface area contributed by atoms with Crippen molar-refractivity contribution < 1.29 is 13.2 Å². The molecule has 1 N–H and O–H groups in total. The summed E-state index contributed by atoms with van der Waals surface area (Å²) >= 11 is 0. The van der Waals surface area contributed by atoms with Gasteiger partial charge in [-0.1, -0.05) is 49.4 Å². The number of rotatable bonds is 8. The fourth-order valence-electron chi connectivity index (χ4n) is 2.83. The lowest BCUT2D eigenvalue weighted by atomic mass is 10.1. The average Bonchev–Trinajstić information content (AvgIpc) is 2.75. The van der Waals surface area contributed by atoms with Gasteiger partial charge in [0.25, 0.3) is 0 Å². The number of anilines is 1. The second-order valence-corrected chi connectivity index (χ2v) is 8.85. The third-order valence-electron chi connectivity index (χ3n) is 4.52. The molecule has 0 aliphatic rings. The van der Waals surface area contributed by atoms with Gasteiger partial charge in [-0.05, 0) is 42.7 Å². The van der Waals surface area contributed by atoms with Crippen LogP contribution in [0.5, 0.6) is 0 Å². The van der Waals surface area contributed by atoms with Crippen LogP contribution in [-0.2, 0) is 21.1 Å². The van der Waals surface area contributed by atoms with Crippen molar-refractivity contribution >= 4 is 21.4 Å². The van der Waals surface area contributed by atoms with Gasteiger partial charge < -0.3 is 5.32 Å². The Morgan fingerprint density at radius 3 is 2.28 bits per heavy atom. The molecule has 150 valence electrons. The molecule has 0 saturated heterocycles. The van der Waals surface area contributed by atoms with Crippen LogP contribution in [0.25, 0.3) is 11.3 Å². The topological polar surface area (TPSA) is 89.0 Å². The highest BCUT2D eigenvalue weighted by Gasteiger charge is 2.14. The number of carbonyl (C=O) groups excluding carboxylic acids is 1. The van der Waals surface area contributed by atoms with Gasteiger partial charge in [-0.2, -0.15) is 0 Å². The minimum atomic E-state index is -3.36. The fraction of sp³-hybridized carbons (Fsp3) is 0.227. The molecular formula is C22H23N3O3S. The largest absolute Gasteiger partial charge is 0.326 e. The van der Waals surface area contributed by atoms with E-state index in [4.69, 9.17) is 0 Å². The normalized spacial score (nSPS) is 11.2. The molecule has 0 aliphatic carbocycles. The van der Waals surface area contributed by atoms with Crippen LogP contribution >= 0.6 is 0 Å². The zero-order valence-electron chi connectivity index (χ0n) is 16.2. The van der Waals surface area contributed by atoms with Crippen molar-refractivity contribution in [2.24, 2.45) is 0 Å². The van der Waals surface area contributed by atoms with E-state index in [-0.39, 0.29) is 16.7 Å². The van der Waals surface area contributed by atoms with Gasteiger partial charge in [0, 0.05) is 17.7 Å². The molecule has 29 heavy (non-hydrogen) atoms. The van der Waals surface area contributed by atoms with Crippen LogP contribution in [-0.4, -0.2) is 30.3 Å². The van der Waals surface area contributed by atoms with E-state index in [1.54, 1.807) is 25.1 Å². The molecule has 0 atom stereocenters. The molecule has 2 aromatic carbocycles. The SMILES string of the molecule is CCS(=O)(=O)c1ccc(-c2ccc(NC(=O)CCCc3ccccc3)cc2)nn1. The number of hydrogen-bond acceptors (Lipinski definition) is 5. The van der Waals surface area contributed by atoms with Crippen molar-refractivity contribution in [1.29, 1.82) is 0 Å². The number of sulfone groups is 1. The zero-order valence-corrected chi connectivity index (χ0v) is 17.0. The first-order valence-electron chi connectivity index (χ1n) is 9.48. The molecule has 1 amide bonds. The van der Waals surface area contributed by atoms with Crippen LogP contribution < -0.4 is 5.32 Å². The van der Waals surface area contributed by atoms with Crippen LogP contribution in [0.2, 0.25) is 0 Å². The first-order valence-corrected chi connectivity index (χ1v) is 11.1. The highest BCUT2D eigenvalue weighted by Crippen LogP contribution is 2.20. The van der Waals surface area contributed by atoms with Crippen LogP contribution in [0, 0.1) is 0 Å². The van der Waals surface area contributed by atoms with E-state index in [9.17, 15) is 13.2 Å². The van der Waals surface area contributed by atoms with Crippen LogP contribution in [0.15, 0.2) is 71.8 Å². The Morgan fingerprint density at radius 1 is 0.931 bits per heavy atom. The third-order valence-corrected chi connectivity index (χ3v) is 6.13. The Morgan fingerprint density at radius 2 is 1.66 bits per heavy atom. The van der Waals surface area contributed by atoms with Crippen molar-refractivity contribution in [1.82, 2.24) is 10.2 Å². The second-order valence-electron chi connectivity index (χ2n) is 6.62. The molecule has 3 aromatic rings. The number of carbonyl (C=O) groups is 1. The molecule has 0 fully saturated rings. The highest BCUT2D eigenvalue weighted by atomic mass is 32.2. The first-order chi connectivity index (χ1) is 14.0. The van der Waals surface area contributed by atoms with Crippen LogP contribution in [0.3, 0.4) is 0 Å². The van der Waals surface area contributed by atoms with Crippen LogP contribution in [0.4, 0.5) is 5.69 Å². The van der Waals surface area contributed by atoms with Crippen LogP contribution in [0.1, 0.15) is 25.3 Å². The first kappa shape index (κ1) is 20.7. The minimum absolute atomic E-state index is 0.0131. The van der Waals surface area contributed by atoms with Gasteiger partial charge in [0.15, 0.2) is 14.9 Å². The number of amides is 1. The second kappa shape index (κ2) is 9.43. The Labute approximate surface area is 170 Å². The summed E-state index contributed by atoms with van der Waals surface area (Å²) in [5.74, 6) is -0.0385.